The van der Waals surface area contributed by atoms with Crippen LogP contribution in [0.5, 0.6) is 0 Å². The van der Waals surface area contributed by atoms with Crippen LogP contribution in [0.3, 0.4) is 0 Å². The van der Waals surface area contributed by atoms with Crippen LogP contribution in [0.1, 0.15) is 0 Å². The lowest BCUT2D eigenvalue weighted by Crippen LogP contribution is -2.06. The SMILES string of the molecule is c1ccc(-c2nc(-c3ccccc3)nc(-n3c4ccccc4c4c5c6ccnnc6n(-c6ccccc6)c5ccc43)n2)cc1. The van der Waals surface area contributed by atoms with Crippen LogP contribution >= 0.6 is 0 Å². The van der Waals surface area contributed by atoms with Crippen LogP contribution in [0.2, 0.25) is 0 Å². The molecule has 0 atom stereocenters. The lowest BCUT2D eigenvalue weighted by atomic mass is 10.1. The maximum atomic E-state index is 5.08. The van der Waals surface area contributed by atoms with Gasteiger partial charge in [-0.15, -0.1) is 5.10 Å². The fraction of sp³-hybridized carbons (Fsp3) is 0. The van der Waals surface area contributed by atoms with E-state index in [9.17, 15) is 0 Å². The lowest BCUT2D eigenvalue weighted by Gasteiger charge is -2.11. The van der Waals surface area contributed by atoms with E-state index in [2.05, 4.69) is 73.9 Å². The van der Waals surface area contributed by atoms with Gasteiger partial charge in [0.2, 0.25) is 5.95 Å². The van der Waals surface area contributed by atoms with Gasteiger partial charge in [-0.1, -0.05) is 97.1 Å². The Morgan fingerprint density at radius 1 is 0.432 bits per heavy atom. The van der Waals surface area contributed by atoms with Crippen molar-refractivity contribution >= 4 is 43.7 Å². The topological polar surface area (TPSA) is 74.3 Å². The second kappa shape index (κ2) is 9.68. The summed E-state index contributed by atoms with van der Waals surface area (Å²) in [5.41, 5.74) is 6.80. The molecule has 0 aliphatic carbocycles. The van der Waals surface area contributed by atoms with E-state index in [1.54, 1.807) is 6.20 Å². The van der Waals surface area contributed by atoms with Gasteiger partial charge in [-0.2, -0.15) is 15.1 Å². The van der Waals surface area contributed by atoms with Crippen molar-refractivity contribution in [2.45, 2.75) is 0 Å². The molecule has 0 bridgehead atoms. The third-order valence-electron chi connectivity index (χ3n) is 8.14. The lowest BCUT2D eigenvalue weighted by molar-refractivity contribution is 0.953. The summed E-state index contributed by atoms with van der Waals surface area (Å²) in [6.07, 6.45) is 1.76. The molecule has 0 aliphatic heterocycles. The zero-order valence-electron chi connectivity index (χ0n) is 23.4. The number of hydrogen-bond acceptors (Lipinski definition) is 5. The molecule has 9 aromatic rings. The molecule has 7 nitrogen and oxygen atoms in total. The van der Waals surface area contributed by atoms with Crippen molar-refractivity contribution < 1.29 is 0 Å². The van der Waals surface area contributed by atoms with Crippen molar-refractivity contribution in [2.75, 3.05) is 0 Å². The number of fused-ring (bicyclic) bond motifs is 7. The van der Waals surface area contributed by atoms with E-state index in [4.69, 9.17) is 15.0 Å². The minimum Gasteiger partial charge on any atom is -0.292 e. The number of benzene rings is 5. The molecule has 0 spiro atoms. The Hall–Kier alpha value is -6.21. The molecule has 0 saturated carbocycles. The quantitative estimate of drug-likeness (QED) is 0.215. The summed E-state index contributed by atoms with van der Waals surface area (Å²) < 4.78 is 4.35. The first-order chi connectivity index (χ1) is 21.8. The highest BCUT2D eigenvalue weighted by Gasteiger charge is 2.23. The summed E-state index contributed by atoms with van der Waals surface area (Å²) in [5.74, 6) is 1.81. The Kier molecular flexibility index (Phi) is 5.36. The molecule has 0 radical (unpaired) electrons. The highest BCUT2D eigenvalue weighted by molar-refractivity contribution is 6.28. The molecule has 7 heteroatoms. The molecule has 0 unspecified atom stereocenters. The van der Waals surface area contributed by atoms with Crippen LogP contribution in [0, 0.1) is 0 Å². The van der Waals surface area contributed by atoms with E-state index in [0.29, 0.717) is 17.6 Å². The van der Waals surface area contributed by atoms with E-state index in [-0.39, 0.29) is 0 Å². The van der Waals surface area contributed by atoms with Crippen LogP contribution in [-0.4, -0.2) is 34.3 Å². The van der Waals surface area contributed by atoms with Crippen LogP contribution in [0.15, 0.2) is 140 Å². The summed E-state index contributed by atoms with van der Waals surface area (Å²) in [4.78, 5) is 15.1. The highest BCUT2D eigenvalue weighted by Crippen LogP contribution is 2.41. The second-order valence-electron chi connectivity index (χ2n) is 10.7. The molecule has 5 aromatic carbocycles. The van der Waals surface area contributed by atoms with Gasteiger partial charge in [0.05, 0.1) is 22.7 Å². The minimum absolute atomic E-state index is 0.565. The van der Waals surface area contributed by atoms with Crippen molar-refractivity contribution in [1.82, 2.24) is 34.3 Å². The molecule has 206 valence electrons. The Morgan fingerprint density at radius 3 is 1.68 bits per heavy atom. The molecule has 0 amide bonds. The van der Waals surface area contributed by atoms with E-state index in [0.717, 1.165) is 60.6 Å². The Morgan fingerprint density at radius 2 is 1.00 bits per heavy atom. The van der Waals surface area contributed by atoms with Crippen LogP contribution in [0.25, 0.3) is 78.2 Å². The third kappa shape index (κ3) is 3.66. The second-order valence-corrected chi connectivity index (χ2v) is 10.7. The van der Waals surface area contributed by atoms with Gasteiger partial charge in [-0.25, -0.2) is 4.98 Å². The first-order valence-corrected chi connectivity index (χ1v) is 14.5. The molecule has 0 fully saturated rings. The minimum atomic E-state index is 0.565. The summed E-state index contributed by atoms with van der Waals surface area (Å²) in [5, 5.41) is 13.3. The summed E-state index contributed by atoms with van der Waals surface area (Å²) in [7, 11) is 0. The number of nitrogens with zero attached hydrogens (tertiary/aromatic N) is 7. The Labute approximate surface area is 251 Å². The first-order valence-electron chi connectivity index (χ1n) is 14.5. The average molecular weight is 566 g/mol. The maximum absolute atomic E-state index is 5.08. The standard InChI is InChI=1S/C37H23N7/c1-4-12-24(13-5-1)34-39-35(25-14-6-2-7-15-25)41-37(40-34)44-29-19-11-10-18-27(29)32-31(44)21-20-30-33(32)28-22-23-38-42-36(28)43(30)26-16-8-3-9-17-26/h1-23H. The van der Waals surface area contributed by atoms with E-state index in [1.165, 1.54) is 0 Å². The van der Waals surface area contributed by atoms with Crippen molar-refractivity contribution in [3.8, 4) is 34.4 Å². The molecular formula is C37H23N7. The monoisotopic (exact) mass is 565 g/mol. The summed E-state index contributed by atoms with van der Waals surface area (Å²) >= 11 is 0. The average Bonchev–Trinajstić information content (AvgIpc) is 3.62. The predicted molar refractivity (Wildman–Crippen MR) is 175 cm³/mol. The highest BCUT2D eigenvalue weighted by atomic mass is 15.2. The predicted octanol–water partition coefficient (Wildman–Crippen LogP) is 8.19. The fourth-order valence-electron chi connectivity index (χ4n) is 6.26. The van der Waals surface area contributed by atoms with Gasteiger partial charge in [-0.3, -0.25) is 9.13 Å². The van der Waals surface area contributed by atoms with Crippen LogP contribution in [-0.2, 0) is 0 Å². The van der Waals surface area contributed by atoms with Crippen molar-refractivity contribution in [2.24, 2.45) is 0 Å². The zero-order valence-corrected chi connectivity index (χ0v) is 23.4. The van der Waals surface area contributed by atoms with Gasteiger partial charge in [0.15, 0.2) is 17.3 Å². The molecule has 0 aliphatic rings. The largest absolute Gasteiger partial charge is 0.292 e. The first kappa shape index (κ1) is 24.4. The van der Waals surface area contributed by atoms with Crippen molar-refractivity contribution in [3.05, 3.63) is 140 Å². The van der Waals surface area contributed by atoms with Gasteiger partial charge in [0.1, 0.15) is 0 Å². The van der Waals surface area contributed by atoms with Gasteiger partial charge < -0.3 is 0 Å². The van der Waals surface area contributed by atoms with Crippen molar-refractivity contribution in [1.29, 1.82) is 0 Å². The fourth-order valence-corrected chi connectivity index (χ4v) is 6.26. The molecule has 9 rings (SSSR count). The number of para-hydroxylation sites is 2. The van der Waals surface area contributed by atoms with E-state index < -0.39 is 0 Å². The Bertz CT molecular complexity index is 2420. The molecule has 0 N–H and O–H groups in total. The summed E-state index contributed by atoms with van der Waals surface area (Å²) in [6.45, 7) is 0. The molecular weight excluding hydrogens is 542 g/mol. The van der Waals surface area contributed by atoms with Crippen LogP contribution < -0.4 is 0 Å². The third-order valence-corrected chi connectivity index (χ3v) is 8.14. The van der Waals surface area contributed by atoms with E-state index in [1.807, 2.05) is 78.9 Å². The van der Waals surface area contributed by atoms with Gasteiger partial charge >= 0.3 is 0 Å². The van der Waals surface area contributed by atoms with E-state index >= 15 is 0 Å². The zero-order chi connectivity index (χ0) is 29.0. The molecule has 44 heavy (non-hydrogen) atoms. The molecule has 0 saturated heterocycles. The van der Waals surface area contributed by atoms with Gasteiger partial charge in [0, 0.05) is 38.4 Å². The van der Waals surface area contributed by atoms with Gasteiger partial charge in [-0.05, 0) is 36.4 Å². The number of hydrogen-bond donors (Lipinski definition) is 0. The maximum Gasteiger partial charge on any atom is 0.238 e. The smallest absolute Gasteiger partial charge is 0.238 e. The summed E-state index contributed by atoms with van der Waals surface area (Å²) in [6, 6.07) is 45.3. The number of aromatic nitrogens is 7. The van der Waals surface area contributed by atoms with Crippen molar-refractivity contribution in [3.63, 3.8) is 0 Å². The molecule has 4 heterocycles. The Balaban J connectivity index is 1.41. The normalized spacial score (nSPS) is 11.6. The molecule has 4 aromatic heterocycles. The van der Waals surface area contributed by atoms with Gasteiger partial charge in [0.25, 0.3) is 0 Å². The number of rotatable bonds is 4. The van der Waals surface area contributed by atoms with Crippen LogP contribution in [0.4, 0.5) is 0 Å².